The SMILES string of the molecule is CC(NC(=O)c1ccc(COc2ccccc2)o1)c1ccccc1. The van der Waals surface area contributed by atoms with Gasteiger partial charge in [-0.3, -0.25) is 4.79 Å². The van der Waals surface area contributed by atoms with E-state index in [1.807, 2.05) is 67.6 Å². The fourth-order valence-electron chi connectivity index (χ4n) is 2.34. The zero-order valence-electron chi connectivity index (χ0n) is 13.4. The summed E-state index contributed by atoms with van der Waals surface area (Å²) in [4.78, 5) is 12.3. The molecular formula is C20H19NO3. The molecular weight excluding hydrogens is 302 g/mol. The van der Waals surface area contributed by atoms with E-state index in [9.17, 15) is 4.79 Å². The second-order valence-corrected chi connectivity index (χ2v) is 5.47. The number of amides is 1. The molecule has 0 saturated heterocycles. The molecule has 2 aromatic carbocycles. The van der Waals surface area contributed by atoms with Gasteiger partial charge in [-0.05, 0) is 36.8 Å². The zero-order valence-corrected chi connectivity index (χ0v) is 13.4. The Balaban J connectivity index is 1.57. The topological polar surface area (TPSA) is 51.5 Å². The van der Waals surface area contributed by atoms with Gasteiger partial charge in [-0.15, -0.1) is 0 Å². The van der Waals surface area contributed by atoms with Crippen molar-refractivity contribution >= 4 is 5.91 Å². The molecule has 0 aliphatic heterocycles. The summed E-state index contributed by atoms with van der Waals surface area (Å²) >= 11 is 0. The van der Waals surface area contributed by atoms with Gasteiger partial charge in [0.25, 0.3) is 5.91 Å². The molecule has 4 heteroatoms. The fraction of sp³-hybridized carbons (Fsp3) is 0.150. The van der Waals surface area contributed by atoms with E-state index in [0.717, 1.165) is 11.3 Å². The number of nitrogens with one attached hydrogen (secondary N) is 1. The zero-order chi connectivity index (χ0) is 16.8. The van der Waals surface area contributed by atoms with Gasteiger partial charge in [-0.1, -0.05) is 48.5 Å². The third-order valence-electron chi connectivity index (χ3n) is 3.66. The highest BCUT2D eigenvalue weighted by atomic mass is 16.5. The Labute approximate surface area is 141 Å². The average molecular weight is 321 g/mol. The Morgan fingerprint density at radius 1 is 1.00 bits per heavy atom. The van der Waals surface area contributed by atoms with Crippen molar-refractivity contribution in [2.45, 2.75) is 19.6 Å². The van der Waals surface area contributed by atoms with Crippen molar-refractivity contribution in [2.75, 3.05) is 0 Å². The van der Waals surface area contributed by atoms with Gasteiger partial charge in [0.1, 0.15) is 18.1 Å². The molecule has 122 valence electrons. The maximum atomic E-state index is 12.3. The molecule has 0 spiro atoms. The Morgan fingerprint density at radius 2 is 1.67 bits per heavy atom. The monoisotopic (exact) mass is 321 g/mol. The molecule has 0 radical (unpaired) electrons. The number of carbonyl (C=O) groups is 1. The van der Waals surface area contributed by atoms with E-state index < -0.39 is 0 Å². The maximum absolute atomic E-state index is 12.3. The molecule has 0 fully saturated rings. The molecule has 0 saturated carbocycles. The summed E-state index contributed by atoms with van der Waals surface area (Å²) in [5.41, 5.74) is 1.05. The highest BCUT2D eigenvalue weighted by molar-refractivity contribution is 5.91. The Hall–Kier alpha value is -3.01. The predicted molar refractivity (Wildman–Crippen MR) is 91.8 cm³/mol. The molecule has 0 aliphatic rings. The van der Waals surface area contributed by atoms with Crippen LogP contribution in [0.3, 0.4) is 0 Å². The summed E-state index contributed by atoms with van der Waals surface area (Å²) in [5.74, 6) is 1.41. The maximum Gasteiger partial charge on any atom is 0.287 e. The summed E-state index contributed by atoms with van der Waals surface area (Å²) in [6, 6.07) is 22.6. The Kier molecular flexibility index (Phi) is 4.96. The number of rotatable bonds is 6. The van der Waals surface area contributed by atoms with Crippen LogP contribution in [0.25, 0.3) is 0 Å². The van der Waals surface area contributed by atoms with E-state index in [0.29, 0.717) is 5.76 Å². The first-order valence-electron chi connectivity index (χ1n) is 7.85. The van der Waals surface area contributed by atoms with E-state index in [1.54, 1.807) is 12.1 Å². The lowest BCUT2D eigenvalue weighted by atomic mass is 10.1. The van der Waals surface area contributed by atoms with Crippen molar-refractivity contribution < 1.29 is 13.9 Å². The van der Waals surface area contributed by atoms with Crippen LogP contribution in [0.15, 0.2) is 77.2 Å². The van der Waals surface area contributed by atoms with E-state index in [1.165, 1.54) is 0 Å². The van der Waals surface area contributed by atoms with Crippen molar-refractivity contribution in [3.63, 3.8) is 0 Å². The normalized spacial score (nSPS) is 11.7. The number of carbonyl (C=O) groups excluding carboxylic acids is 1. The van der Waals surface area contributed by atoms with E-state index in [2.05, 4.69) is 5.32 Å². The van der Waals surface area contributed by atoms with E-state index >= 15 is 0 Å². The Morgan fingerprint density at radius 3 is 2.38 bits per heavy atom. The molecule has 1 unspecified atom stereocenters. The van der Waals surface area contributed by atoms with Gasteiger partial charge in [-0.2, -0.15) is 0 Å². The number of benzene rings is 2. The highest BCUT2D eigenvalue weighted by Gasteiger charge is 2.15. The van der Waals surface area contributed by atoms with Crippen LogP contribution < -0.4 is 10.1 Å². The molecule has 3 rings (SSSR count). The minimum absolute atomic E-state index is 0.0900. The van der Waals surface area contributed by atoms with Gasteiger partial charge in [0.15, 0.2) is 5.76 Å². The van der Waals surface area contributed by atoms with Crippen LogP contribution in [0.4, 0.5) is 0 Å². The van der Waals surface area contributed by atoms with Gasteiger partial charge in [0.05, 0.1) is 6.04 Å². The summed E-state index contributed by atoms with van der Waals surface area (Å²) < 4.78 is 11.2. The minimum Gasteiger partial charge on any atom is -0.486 e. The fourth-order valence-corrected chi connectivity index (χ4v) is 2.34. The van der Waals surface area contributed by atoms with Crippen molar-refractivity contribution in [1.82, 2.24) is 5.32 Å². The lowest BCUT2D eigenvalue weighted by Crippen LogP contribution is -2.26. The van der Waals surface area contributed by atoms with Crippen molar-refractivity contribution in [1.29, 1.82) is 0 Å². The largest absolute Gasteiger partial charge is 0.486 e. The standard InChI is InChI=1S/C20H19NO3/c1-15(16-8-4-2-5-9-16)21-20(22)19-13-12-18(24-19)14-23-17-10-6-3-7-11-17/h2-13,15H,14H2,1H3,(H,21,22). The molecule has 1 aromatic heterocycles. The minimum atomic E-state index is -0.239. The smallest absolute Gasteiger partial charge is 0.287 e. The number of ether oxygens (including phenoxy) is 1. The average Bonchev–Trinajstić information content (AvgIpc) is 3.11. The van der Waals surface area contributed by atoms with Crippen LogP contribution in [0.5, 0.6) is 5.75 Å². The lowest BCUT2D eigenvalue weighted by Gasteiger charge is -2.13. The first kappa shape index (κ1) is 15.9. The predicted octanol–water partition coefficient (Wildman–Crippen LogP) is 4.35. The van der Waals surface area contributed by atoms with Crippen LogP contribution in [0.2, 0.25) is 0 Å². The van der Waals surface area contributed by atoms with Crippen molar-refractivity contribution in [3.8, 4) is 5.75 Å². The van der Waals surface area contributed by atoms with Crippen LogP contribution >= 0.6 is 0 Å². The summed E-state index contributed by atoms with van der Waals surface area (Å²) in [6.07, 6.45) is 0. The van der Waals surface area contributed by atoms with E-state index in [-0.39, 0.29) is 24.3 Å². The lowest BCUT2D eigenvalue weighted by molar-refractivity contribution is 0.0907. The highest BCUT2D eigenvalue weighted by Crippen LogP contribution is 2.16. The third-order valence-corrected chi connectivity index (χ3v) is 3.66. The van der Waals surface area contributed by atoms with Crippen LogP contribution in [0, 0.1) is 0 Å². The molecule has 24 heavy (non-hydrogen) atoms. The molecule has 1 heterocycles. The second-order valence-electron chi connectivity index (χ2n) is 5.47. The van der Waals surface area contributed by atoms with Gasteiger partial charge < -0.3 is 14.5 Å². The summed E-state index contributed by atoms with van der Waals surface area (Å²) in [6.45, 7) is 2.22. The molecule has 1 N–H and O–H groups in total. The van der Waals surface area contributed by atoms with Crippen LogP contribution in [-0.4, -0.2) is 5.91 Å². The molecule has 1 atom stereocenters. The number of furan rings is 1. The van der Waals surface area contributed by atoms with Gasteiger partial charge in [0, 0.05) is 0 Å². The first-order valence-corrected chi connectivity index (χ1v) is 7.85. The van der Waals surface area contributed by atoms with Crippen LogP contribution in [0.1, 0.15) is 34.8 Å². The number of hydrogen-bond donors (Lipinski definition) is 1. The van der Waals surface area contributed by atoms with E-state index in [4.69, 9.17) is 9.15 Å². The van der Waals surface area contributed by atoms with Crippen molar-refractivity contribution in [2.24, 2.45) is 0 Å². The van der Waals surface area contributed by atoms with Gasteiger partial charge in [-0.25, -0.2) is 0 Å². The second kappa shape index (κ2) is 7.51. The molecule has 0 aliphatic carbocycles. The van der Waals surface area contributed by atoms with Gasteiger partial charge in [0.2, 0.25) is 0 Å². The van der Waals surface area contributed by atoms with Gasteiger partial charge >= 0.3 is 0 Å². The Bertz CT molecular complexity index is 781. The molecule has 3 aromatic rings. The third kappa shape index (κ3) is 4.04. The molecule has 0 bridgehead atoms. The van der Waals surface area contributed by atoms with Crippen LogP contribution in [-0.2, 0) is 6.61 Å². The summed E-state index contributed by atoms with van der Waals surface area (Å²) in [7, 11) is 0. The first-order chi connectivity index (χ1) is 11.7. The quantitative estimate of drug-likeness (QED) is 0.734. The summed E-state index contributed by atoms with van der Waals surface area (Å²) in [5, 5.41) is 2.93. The number of para-hydroxylation sites is 1. The molecule has 4 nitrogen and oxygen atoms in total. The van der Waals surface area contributed by atoms with Crippen molar-refractivity contribution in [3.05, 3.63) is 89.9 Å². The molecule has 1 amide bonds. The number of hydrogen-bond acceptors (Lipinski definition) is 3.